The van der Waals surface area contributed by atoms with Crippen molar-refractivity contribution in [3.63, 3.8) is 0 Å². The van der Waals surface area contributed by atoms with Crippen LogP contribution in [0, 0.1) is 3.57 Å². The minimum Gasteiger partial charge on any atom is -0.444 e. The SMILES string of the molecule is CC(C)(C)OC(=O)N1CCN(Cc2cc(I)cc(C(=O)ON3C(=O)CCC3=O)c2)CCN(C(C)(C)C)CCN(C(=O)OC(C)(C)C)CC1. The van der Waals surface area contributed by atoms with Gasteiger partial charge in [-0.05, 0) is 109 Å². The lowest BCUT2D eigenvalue weighted by molar-refractivity contribution is -0.172. The summed E-state index contributed by atoms with van der Waals surface area (Å²) in [6, 6.07) is 5.32. The van der Waals surface area contributed by atoms with Gasteiger partial charge in [0.1, 0.15) is 11.2 Å². The van der Waals surface area contributed by atoms with Crippen molar-refractivity contribution in [1.82, 2.24) is 24.7 Å². The zero-order valence-electron chi connectivity index (χ0n) is 29.9. The maximum Gasteiger partial charge on any atom is 0.410 e. The van der Waals surface area contributed by atoms with Crippen molar-refractivity contribution in [3.8, 4) is 0 Å². The van der Waals surface area contributed by atoms with E-state index in [2.05, 4.69) is 53.2 Å². The van der Waals surface area contributed by atoms with E-state index in [-0.39, 0.29) is 37.0 Å². The highest BCUT2D eigenvalue weighted by Crippen LogP contribution is 2.21. The first-order valence-electron chi connectivity index (χ1n) is 16.4. The molecule has 1 aromatic carbocycles. The van der Waals surface area contributed by atoms with Gasteiger partial charge in [-0.3, -0.25) is 19.4 Å². The molecule has 0 spiro atoms. The molecule has 2 aliphatic rings. The molecule has 0 aromatic heterocycles. The second-order valence-electron chi connectivity index (χ2n) is 15.2. The number of rotatable bonds is 4. The van der Waals surface area contributed by atoms with Crippen molar-refractivity contribution in [3.05, 3.63) is 32.9 Å². The monoisotopic (exact) mass is 785 g/mol. The van der Waals surface area contributed by atoms with Gasteiger partial charge in [0.15, 0.2) is 0 Å². The normalized spacial score (nSPS) is 18.3. The average Bonchev–Trinajstić information content (AvgIpc) is 3.23. The van der Waals surface area contributed by atoms with E-state index >= 15 is 0 Å². The number of amides is 4. The van der Waals surface area contributed by atoms with Crippen LogP contribution in [0.5, 0.6) is 0 Å². The molecule has 2 fully saturated rings. The molecule has 0 saturated carbocycles. The first kappa shape index (κ1) is 39.5. The number of carbonyl (C=O) groups excluding carboxylic acids is 5. The van der Waals surface area contributed by atoms with Crippen LogP contribution in [0.3, 0.4) is 0 Å². The predicted molar refractivity (Wildman–Crippen MR) is 188 cm³/mol. The smallest absolute Gasteiger partial charge is 0.410 e. The third-order valence-electron chi connectivity index (χ3n) is 7.68. The van der Waals surface area contributed by atoms with Crippen molar-refractivity contribution in [2.24, 2.45) is 0 Å². The van der Waals surface area contributed by atoms with Crippen LogP contribution in [0.1, 0.15) is 91.1 Å². The molecule has 2 heterocycles. The summed E-state index contributed by atoms with van der Waals surface area (Å²) < 4.78 is 12.3. The standard InChI is InChI=1S/C34H52IN5O8/c1-32(2,3)39-18-13-36(23-24-20-25(22-26(35)21-24)29(43)48-40-27(41)10-11-28(40)42)12-14-37(30(44)46-33(4,5)6)15-16-38(17-19-39)31(45)47-34(7,8)9/h20-22H,10-19,23H2,1-9H3. The highest BCUT2D eigenvalue weighted by atomic mass is 127. The number of nitrogens with zero attached hydrogens (tertiary/aromatic N) is 5. The van der Waals surface area contributed by atoms with E-state index in [4.69, 9.17) is 14.3 Å². The van der Waals surface area contributed by atoms with E-state index in [1.807, 2.05) is 47.6 Å². The van der Waals surface area contributed by atoms with Crippen molar-refractivity contribution >= 4 is 52.6 Å². The molecule has 0 atom stereocenters. The minimum atomic E-state index is -0.781. The number of hydroxylamine groups is 2. The number of ether oxygens (including phenoxy) is 2. The quantitative estimate of drug-likeness (QED) is 0.307. The van der Waals surface area contributed by atoms with Crippen LogP contribution in [-0.2, 0) is 30.4 Å². The number of benzene rings is 1. The van der Waals surface area contributed by atoms with Gasteiger partial charge in [-0.25, -0.2) is 14.4 Å². The number of hydrogen-bond acceptors (Lipinski definition) is 10. The largest absolute Gasteiger partial charge is 0.444 e. The topological polar surface area (TPSA) is 129 Å². The highest BCUT2D eigenvalue weighted by Gasteiger charge is 2.34. The summed E-state index contributed by atoms with van der Waals surface area (Å²) in [6.07, 6.45) is -0.858. The van der Waals surface area contributed by atoms with Crippen LogP contribution >= 0.6 is 22.6 Å². The molecule has 0 aliphatic carbocycles. The number of carbonyl (C=O) groups is 5. The van der Waals surface area contributed by atoms with Crippen LogP contribution in [0.4, 0.5) is 9.59 Å². The molecule has 3 rings (SSSR count). The maximum absolute atomic E-state index is 13.4. The lowest BCUT2D eigenvalue weighted by atomic mass is 10.1. The fourth-order valence-electron chi connectivity index (χ4n) is 5.21. The fourth-order valence-corrected chi connectivity index (χ4v) is 5.95. The van der Waals surface area contributed by atoms with Gasteiger partial charge in [0, 0.05) is 80.9 Å². The molecule has 2 aliphatic heterocycles. The second-order valence-corrected chi connectivity index (χ2v) is 16.4. The number of halogens is 1. The Morgan fingerprint density at radius 2 is 1.15 bits per heavy atom. The number of imide groups is 1. The summed E-state index contributed by atoms with van der Waals surface area (Å²) in [7, 11) is 0. The zero-order chi connectivity index (χ0) is 36.0. The Labute approximate surface area is 298 Å². The van der Waals surface area contributed by atoms with Crippen LogP contribution in [0.2, 0.25) is 0 Å². The second kappa shape index (κ2) is 16.2. The Morgan fingerprint density at radius 3 is 1.65 bits per heavy atom. The Bertz CT molecular complexity index is 1330. The first-order chi connectivity index (χ1) is 22.1. The lowest BCUT2D eigenvalue weighted by Gasteiger charge is -2.40. The molecule has 4 amide bonds. The van der Waals surface area contributed by atoms with Gasteiger partial charge in [-0.2, -0.15) is 0 Å². The Morgan fingerprint density at radius 1 is 0.688 bits per heavy atom. The predicted octanol–water partition coefficient (Wildman–Crippen LogP) is 4.90. The van der Waals surface area contributed by atoms with Gasteiger partial charge in [0.2, 0.25) is 0 Å². The molecule has 0 N–H and O–H groups in total. The van der Waals surface area contributed by atoms with E-state index < -0.39 is 41.2 Å². The van der Waals surface area contributed by atoms with E-state index in [9.17, 15) is 24.0 Å². The van der Waals surface area contributed by atoms with Gasteiger partial charge in [-0.15, -0.1) is 5.06 Å². The summed E-state index contributed by atoms with van der Waals surface area (Å²) in [5.74, 6) is -1.85. The third kappa shape index (κ3) is 12.5. The van der Waals surface area contributed by atoms with Crippen LogP contribution < -0.4 is 0 Å². The molecule has 0 unspecified atom stereocenters. The van der Waals surface area contributed by atoms with Gasteiger partial charge in [0.05, 0.1) is 5.56 Å². The highest BCUT2D eigenvalue weighted by molar-refractivity contribution is 14.1. The molecular weight excluding hydrogens is 733 g/mol. The Balaban J connectivity index is 1.88. The summed E-state index contributed by atoms with van der Waals surface area (Å²) >= 11 is 2.13. The van der Waals surface area contributed by atoms with E-state index in [0.29, 0.717) is 50.9 Å². The summed E-state index contributed by atoms with van der Waals surface area (Å²) in [5, 5.41) is 0.550. The summed E-state index contributed by atoms with van der Waals surface area (Å²) in [4.78, 5) is 76.7. The Kier molecular flexibility index (Phi) is 13.3. The molecule has 2 saturated heterocycles. The first-order valence-corrected chi connectivity index (χ1v) is 17.5. The molecule has 14 heteroatoms. The van der Waals surface area contributed by atoms with Crippen molar-refractivity contribution in [1.29, 1.82) is 0 Å². The van der Waals surface area contributed by atoms with Gasteiger partial charge in [0.25, 0.3) is 11.8 Å². The zero-order valence-corrected chi connectivity index (χ0v) is 32.0. The third-order valence-corrected chi connectivity index (χ3v) is 8.31. The van der Waals surface area contributed by atoms with Gasteiger partial charge < -0.3 is 24.1 Å². The summed E-state index contributed by atoms with van der Waals surface area (Å²) in [5.41, 5.74) is -0.490. The van der Waals surface area contributed by atoms with Gasteiger partial charge >= 0.3 is 18.2 Å². The Hall–Kier alpha value is -2.98. The molecule has 268 valence electrons. The minimum absolute atomic E-state index is 0.0174. The lowest BCUT2D eigenvalue weighted by Crippen LogP contribution is -2.53. The van der Waals surface area contributed by atoms with E-state index in [0.717, 1.165) is 9.13 Å². The summed E-state index contributed by atoms with van der Waals surface area (Å²) in [6.45, 7) is 21.5. The molecule has 1 aromatic rings. The average molecular weight is 786 g/mol. The fraction of sp³-hybridized carbons (Fsp3) is 0.676. The molecule has 13 nitrogen and oxygen atoms in total. The van der Waals surface area contributed by atoms with Crippen LogP contribution in [-0.4, -0.2) is 124 Å². The van der Waals surface area contributed by atoms with E-state index in [1.54, 1.807) is 21.9 Å². The van der Waals surface area contributed by atoms with Crippen LogP contribution in [0.25, 0.3) is 0 Å². The van der Waals surface area contributed by atoms with Crippen molar-refractivity contribution < 1.29 is 38.3 Å². The molecule has 48 heavy (non-hydrogen) atoms. The molecular formula is C34H52IN5O8. The van der Waals surface area contributed by atoms with Crippen molar-refractivity contribution in [2.45, 2.75) is 98.4 Å². The molecule has 0 bridgehead atoms. The number of hydrogen-bond donors (Lipinski definition) is 0. The van der Waals surface area contributed by atoms with Crippen LogP contribution in [0.15, 0.2) is 18.2 Å². The maximum atomic E-state index is 13.4. The molecule has 0 radical (unpaired) electrons. The van der Waals surface area contributed by atoms with Crippen molar-refractivity contribution in [2.75, 3.05) is 52.4 Å². The van der Waals surface area contributed by atoms with Gasteiger partial charge in [-0.1, -0.05) is 0 Å². The van der Waals surface area contributed by atoms with E-state index in [1.165, 1.54) is 0 Å².